The fourth-order valence-corrected chi connectivity index (χ4v) is 1.67. The molecule has 0 radical (unpaired) electrons. The molecule has 0 unspecified atom stereocenters. The Morgan fingerprint density at radius 3 is 2.39 bits per heavy atom. The molecule has 7 heteroatoms. The number of halogens is 2. The summed E-state index contributed by atoms with van der Waals surface area (Å²) in [7, 11) is 0. The van der Waals surface area contributed by atoms with E-state index in [1.54, 1.807) is 6.07 Å². The monoisotopic (exact) mass is 317 g/mol. The average Bonchev–Trinajstić information content (AvgIpc) is 2.51. The Morgan fingerprint density at radius 2 is 1.70 bits per heavy atom. The number of carbonyl (C=O) groups excluding carboxylic acids is 2. The Kier molecular flexibility index (Phi) is 5.51. The van der Waals surface area contributed by atoms with Crippen molar-refractivity contribution in [3.63, 3.8) is 0 Å². The number of hydrogen-bond acceptors (Lipinski definition) is 3. The average molecular weight is 317 g/mol. The summed E-state index contributed by atoms with van der Waals surface area (Å²) in [5.74, 6) is -2.28. The van der Waals surface area contributed by atoms with Gasteiger partial charge in [-0.15, -0.1) is 0 Å². The maximum atomic E-state index is 13.3. The first-order valence-corrected chi connectivity index (χ1v) is 6.66. The Balaban J connectivity index is 1.81. The molecule has 0 spiro atoms. The third kappa shape index (κ3) is 5.31. The van der Waals surface area contributed by atoms with E-state index in [9.17, 15) is 18.4 Å². The summed E-state index contributed by atoms with van der Waals surface area (Å²) < 4.78 is 26.0. The molecule has 0 fully saturated rings. The van der Waals surface area contributed by atoms with Crippen LogP contribution in [0, 0.1) is 11.6 Å². The molecule has 2 aromatic carbocycles. The van der Waals surface area contributed by atoms with E-state index >= 15 is 0 Å². The first-order chi connectivity index (χ1) is 11.0. The highest BCUT2D eigenvalue weighted by Crippen LogP contribution is 2.12. The van der Waals surface area contributed by atoms with Gasteiger partial charge in [0.05, 0.1) is 11.9 Å². The normalized spacial score (nSPS) is 10.5. The summed E-state index contributed by atoms with van der Waals surface area (Å²) in [6, 6.07) is 11.1. The highest BCUT2D eigenvalue weighted by atomic mass is 19.1. The van der Waals surface area contributed by atoms with Crippen LogP contribution in [0.1, 0.15) is 12.0 Å². The van der Waals surface area contributed by atoms with E-state index < -0.39 is 24.1 Å². The van der Waals surface area contributed by atoms with Crippen LogP contribution in [0.3, 0.4) is 0 Å². The molecule has 0 atom stereocenters. The van der Waals surface area contributed by atoms with Crippen LogP contribution in [0.5, 0.6) is 0 Å². The highest BCUT2D eigenvalue weighted by molar-refractivity contribution is 6.03. The van der Waals surface area contributed by atoms with Crippen molar-refractivity contribution >= 4 is 23.7 Å². The van der Waals surface area contributed by atoms with Crippen molar-refractivity contribution in [1.82, 2.24) is 5.43 Å². The number of para-hydroxylation sites is 1. The van der Waals surface area contributed by atoms with Crippen LogP contribution in [0.2, 0.25) is 0 Å². The van der Waals surface area contributed by atoms with Gasteiger partial charge in [0, 0.05) is 0 Å². The molecule has 118 valence electrons. The number of anilines is 1. The number of nitrogens with one attached hydrogen (secondary N) is 2. The molecule has 2 aromatic rings. The molecule has 0 heterocycles. The van der Waals surface area contributed by atoms with Crippen LogP contribution in [-0.2, 0) is 9.59 Å². The topological polar surface area (TPSA) is 70.6 Å². The minimum atomic E-state index is -0.662. The van der Waals surface area contributed by atoms with Crippen molar-refractivity contribution in [2.45, 2.75) is 6.42 Å². The van der Waals surface area contributed by atoms with Crippen molar-refractivity contribution in [3.8, 4) is 0 Å². The van der Waals surface area contributed by atoms with Gasteiger partial charge in [0.1, 0.15) is 18.1 Å². The summed E-state index contributed by atoms with van der Waals surface area (Å²) >= 11 is 0. The number of benzene rings is 2. The maximum absolute atomic E-state index is 13.3. The first kappa shape index (κ1) is 16.3. The molecule has 0 aliphatic carbocycles. The third-order valence-corrected chi connectivity index (χ3v) is 2.74. The van der Waals surface area contributed by atoms with Gasteiger partial charge in [0.2, 0.25) is 11.8 Å². The molecular weight excluding hydrogens is 304 g/mol. The lowest BCUT2D eigenvalue weighted by Crippen LogP contribution is -2.24. The second kappa shape index (κ2) is 7.79. The van der Waals surface area contributed by atoms with Gasteiger partial charge >= 0.3 is 0 Å². The van der Waals surface area contributed by atoms with Gasteiger partial charge in [-0.3, -0.25) is 9.59 Å². The van der Waals surface area contributed by atoms with Crippen LogP contribution in [0.15, 0.2) is 53.6 Å². The van der Waals surface area contributed by atoms with E-state index in [0.29, 0.717) is 5.56 Å². The van der Waals surface area contributed by atoms with Gasteiger partial charge in [0.25, 0.3) is 0 Å². The minimum absolute atomic E-state index is 0.000105. The lowest BCUT2D eigenvalue weighted by atomic mass is 10.2. The number of amides is 2. The Morgan fingerprint density at radius 1 is 1.00 bits per heavy atom. The van der Waals surface area contributed by atoms with E-state index in [1.165, 1.54) is 48.7 Å². The SMILES string of the molecule is O=C(CC(=O)Nc1ccccc1F)NN=Cc1ccc(F)cc1. The van der Waals surface area contributed by atoms with Crippen molar-refractivity contribution < 1.29 is 18.4 Å². The molecule has 23 heavy (non-hydrogen) atoms. The van der Waals surface area contributed by atoms with E-state index in [4.69, 9.17) is 0 Å². The van der Waals surface area contributed by atoms with Gasteiger partial charge in [-0.25, -0.2) is 14.2 Å². The molecule has 0 saturated heterocycles. The zero-order valence-corrected chi connectivity index (χ0v) is 11.9. The van der Waals surface area contributed by atoms with Crippen molar-refractivity contribution in [3.05, 3.63) is 65.7 Å². The van der Waals surface area contributed by atoms with Crippen LogP contribution >= 0.6 is 0 Å². The third-order valence-electron chi connectivity index (χ3n) is 2.74. The highest BCUT2D eigenvalue weighted by Gasteiger charge is 2.10. The maximum Gasteiger partial charge on any atom is 0.249 e. The van der Waals surface area contributed by atoms with Crippen LogP contribution in [0.4, 0.5) is 14.5 Å². The number of hydrogen-bond donors (Lipinski definition) is 2. The zero-order valence-electron chi connectivity index (χ0n) is 11.9. The second-order valence-electron chi connectivity index (χ2n) is 4.55. The second-order valence-corrected chi connectivity index (χ2v) is 4.55. The molecule has 0 bridgehead atoms. The van der Waals surface area contributed by atoms with Crippen LogP contribution in [-0.4, -0.2) is 18.0 Å². The molecule has 2 amide bonds. The smallest absolute Gasteiger partial charge is 0.249 e. The van der Waals surface area contributed by atoms with Gasteiger partial charge in [0.15, 0.2) is 0 Å². The molecule has 0 aliphatic heterocycles. The lowest BCUT2D eigenvalue weighted by Gasteiger charge is -2.05. The standard InChI is InChI=1S/C16H13F2N3O2/c17-12-7-5-11(6-8-12)10-19-21-16(23)9-15(22)20-14-4-2-1-3-13(14)18/h1-8,10H,9H2,(H,20,22)(H,21,23). The molecule has 2 N–H and O–H groups in total. The van der Waals surface area contributed by atoms with Crippen LogP contribution in [0.25, 0.3) is 0 Å². The van der Waals surface area contributed by atoms with Gasteiger partial charge in [-0.05, 0) is 29.8 Å². The Hall–Kier alpha value is -3.09. The van der Waals surface area contributed by atoms with E-state index in [-0.39, 0.29) is 11.5 Å². The predicted molar refractivity (Wildman–Crippen MR) is 81.8 cm³/mol. The quantitative estimate of drug-likeness (QED) is 0.505. The summed E-state index contributed by atoms with van der Waals surface area (Å²) in [4.78, 5) is 23.1. The predicted octanol–water partition coefficient (Wildman–Crippen LogP) is 2.44. The summed E-state index contributed by atoms with van der Waals surface area (Å²) in [5.41, 5.74) is 2.74. The lowest BCUT2D eigenvalue weighted by molar-refractivity contribution is -0.126. The Labute approximate surface area is 131 Å². The molecule has 0 saturated carbocycles. The van der Waals surface area contributed by atoms with Gasteiger partial charge < -0.3 is 5.32 Å². The van der Waals surface area contributed by atoms with Crippen molar-refractivity contribution in [1.29, 1.82) is 0 Å². The molecule has 0 aromatic heterocycles. The number of rotatable bonds is 5. The van der Waals surface area contributed by atoms with Crippen molar-refractivity contribution in [2.75, 3.05) is 5.32 Å². The number of nitrogens with zero attached hydrogens (tertiary/aromatic N) is 1. The minimum Gasteiger partial charge on any atom is -0.323 e. The molecule has 0 aliphatic rings. The zero-order chi connectivity index (χ0) is 16.7. The Bertz CT molecular complexity index is 730. The fraction of sp³-hybridized carbons (Fsp3) is 0.0625. The number of hydrazone groups is 1. The first-order valence-electron chi connectivity index (χ1n) is 6.66. The van der Waals surface area contributed by atoms with E-state index in [2.05, 4.69) is 15.8 Å². The summed E-state index contributed by atoms with van der Waals surface area (Å²) in [5, 5.41) is 5.93. The van der Waals surface area contributed by atoms with E-state index in [1.807, 2.05) is 0 Å². The fourth-order valence-electron chi connectivity index (χ4n) is 1.67. The van der Waals surface area contributed by atoms with E-state index in [0.717, 1.165) is 0 Å². The molecule has 5 nitrogen and oxygen atoms in total. The number of carbonyl (C=O) groups is 2. The molecule has 2 rings (SSSR count). The summed E-state index contributed by atoms with van der Waals surface area (Å²) in [6.45, 7) is 0. The van der Waals surface area contributed by atoms with Crippen molar-refractivity contribution in [2.24, 2.45) is 5.10 Å². The summed E-state index contributed by atoms with van der Waals surface area (Å²) in [6.07, 6.45) is 0.807. The van der Waals surface area contributed by atoms with Crippen LogP contribution < -0.4 is 10.7 Å². The van der Waals surface area contributed by atoms with Gasteiger partial charge in [-0.1, -0.05) is 24.3 Å². The van der Waals surface area contributed by atoms with Gasteiger partial charge in [-0.2, -0.15) is 5.10 Å². The molecular formula is C16H13F2N3O2. The largest absolute Gasteiger partial charge is 0.323 e.